The second kappa shape index (κ2) is 5.46. The number of esters is 1. The fourth-order valence-corrected chi connectivity index (χ4v) is 2.30. The van der Waals surface area contributed by atoms with Gasteiger partial charge in [0.05, 0.1) is 10.7 Å². The van der Waals surface area contributed by atoms with Crippen LogP contribution in [0, 0.1) is 6.92 Å². The summed E-state index contributed by atoms with van der Waals surface area (Å²) in [5.41, 5.74) is 7.05. The first-order chi connectivity index (χ1) is 9.38. The number of hydrogen-bond donors (Lipinski definition) is 1. The van der Waals surface area contributed by atoms with Crippen LogP contribution >= 0.6 is 11.3 Å². The monoisotopic (exact) mass is 293 g/mol. The Kier molecular flexibility index (Phi) is 3.89. The van der Waals surface area contributed by atoms with Gasteiger partial charge in [-0.05, 0) is 19.9 Å². The maximum Gasteiger partial charge on any atom is 0.355 e. The van der Waals surface area contributed by atoms with E-state index >= 15 is 0 Å². The van der Waals surface area contributed by atoms with Crippen molar-refractivity contribution in [3.63, 3.8) is 0 Å². The number of primary amides is 1. The number of aromatic nitrogens is 2. The second-order valence-electron chi connectivity index (χ2n) is 4.43. The first-order valence-corrected chi connectivity index (χ1v) is 6.85. The van der Waals surface area contributed by atoms with Gasteiger partial charge in [0.1, 0.15) is 5.69 Å². The lowest BCUT2D eigenvalue weighted by atomic mass is 10.2. The first kappa shape index (κ1) is 14.3. The zero-order valence-corrected chi connectivity index (χ0v) is 12.2. The Morgan fingerprint density at radius 1 is 1.50 bits per heavy atom. The molecule has 2 heterocycles. The molecular formula is C13H15N3O3S. The maximum absolute atomic E-state index is 12.0. The Labute approximate surface area is 120 Å². The van der Waals surface area contributed by atoms with Crippen LogP contribution < -0.4 is 5.73 Å². The molecule has 1 amide bonds. The molecule has 0 aliphatic heterocycles. The van der Waals surface area contributed by atoms with Gasteiger partial charge in [-0.3, -0.25) is 4.79 Å². The lowest BCUT2D eigenvalue weighted by molar-refractivity contribution is -0.125. The van der Waals surface area contributed by atoms with Crippen molar-refractivity contribution in [3.05, 3.63) is 28.3 Å². The Bertz CT molecular complexity index is 660. The van der Waals surface area contributed by atoms with Crippen molar-refractivity contribution < 1.29 is 14.3 Å². The van der Waals surface area contributed by atoms with Gasteiger partial charge >= 0.3 is 5.97 Å². The molecule has 0 aliphatic rings. The van der Waals surface area contributed by atoms with Gasteiger partial charge in [0.15, 0.2) is 6.10 Å². The van der Waals surface area contributed by atoms with Crippen LogP contribution in [0.1, 0.15) is 22.4 Å². The van der Waals surface area contributed by atoms with Gasteiger partial charge in [-0.1, -0.05) is 0 Å². The lowest BCUT2D eigenvalue weighted by Crippen LogP contribution is -2.30. The molecule has 6 nitrogen and oxygen atoms in total. The number of amides is 1. The summed E-state index contributed by atoms with van der Waals surface area (Å²) in [4.78, 5) is 27.2. The van der Waals surface area contributed by atoms with Crippen LogP contribution in [0.4, 0.5) is 0 Å². The molecule has 0 aliphatic carbocycles. The number of carbonyl (C=O) groups is 2. The van der Waals surface area contributed by atoms with Crippen LogP contribution in [0.15, 0.2) is 17.6 Å². The molecule has 2 aromatic heterocycles. The van der Waals surface area contributed by atoms with Crippen LogP contribution in [0.5, 0.6) is 0 Å². The summed E-state index contributed by atoms with van der Waals surface area (Å²) in [6.45, 7) is 3.36. The van der Waals surface area contributed by atoms with E-state index in [0.29, 0.717) is 5.69 Å². The molecule has 7 heteroatoms. The molecule has 0 radical (unpaired) electrons. The first-order valence-electron chi connectivity index (χ1n) is 5.97. The van der Waals surface area contributed by atoms with E-state index in [1.54, 1.807) is 23.9 Å². The smallest absolute Gasteiger partial charge is 0.355 e. The van der Waals surface area contributed by atoms with E-state index in [4.69, 9.17) is 10.5 Å². The summed E-state index contributed by atoms with van der Waals surface area (Å²) in [7, 11) is 1.73. The Morgan fingerprint density at radius 3 is 2.75 bits per heavy atom. The molecule has 0 saturated heterocycles. The molecule has 1 unspecified atom stereocenters. The van der Waals surface area contributed by atoms with Crippen molar-refractivity contribution in [1.29, 1.82) is 0 Å². The largest absolute Gasteiger partial charge is 0.448 e. The Hall–Kier alpha value is -2.15. The highest BCUT2D eigenvalue weighted by Crippen LogP contribution is 2.24. The van der Waals surface area contributed by atoms with E-state index in [1.165, 1.54) is 18.3 Å². The van der Waals surface area contributed by atoms with Crippen molar-refractivity contribution >= 4 is 23.2 Å². The minimum Gasteiger partial charge on any atom is -0.448 e. The third-order valence-electron chi connectivity index (χ3n) is 2.81. The third kappa shape index (κ3) is 2.88. The van der Waals surface area contributed by atoms with Gasteiger partial charge in [-0.25, -0.2) is 9.78 Å². The summed E-state index contributed by atoms with van der Waals surface area (Å²) in [5.74, 6) is -1.26. The minimum absolute atomic E-state index is 0.346. The van der Waals surface area contributed by atoms with Gasteiger partial charge in [0.2, 0.25) is 0 Å². The summed E-state index contributed by atoms with van der Waals surface area (Å²) in [5, 5.41) is 2.88. The van der Waals surface area contributed by atoms with Crippen molar-refractivity contribution in [2.24, 2.45) is 12.8 Å². The van der Waals surface area contributed by atoms with E-state index in [1.807, 2.05) is 12.3 Å². The molecule has 1 atom stereocenters. The lowest BCUT2D eigenvalue weighted by Gasteiger charge is -2.09. The zero-order chi connectivity index (χ0) is 14.9. The number of nitrogens with two attached hydrogens (primary N) is 1. The molecule has 0 aromatic carbocycles. The minimum atomic E-state index is -0.956. The van der Waals surface area contributed by atoms with Crippen LogP contribution in [0.25, 0.3) is 11.3 Å². The normalized spacial score (nSPS) is 12.2. The van der Waals surface area contributed by atoms with Gasteiger partial charge in [0, 0.05) is 24.2 Å². The van der Waals surface area contributed by atoms with Crippen molar-refractivity contribution in [3.8, 4) is 11.3 Å². The summed E-state index contributed by atoms with van der Waals surface area (Å²) in [6.07, 6.45) is 0.836. The van der Waals surface area contributed by atoms with Gasteiger partial charge < -0.3 is 15.0 Å². The number of rotatable bonds is 4. The fourth-order valence-electron chi connectivity index (χ4n) is 1.68. The number of hydrogen-bond acceptors (Lipinski definition) is 5. The molecule has 0 saturated carbocycles. The van der Waals surface area contributed by atoms with E-state index < -0.39 is 18.0 Å². The molecule has 0 spiro atoms. The number of nitrogens with zero attached hydrogens (tertiary/aromatic N) is 2. The van der Waals surface area contributed by atoms with Crippen LogP contribution in [0.3, 0.4) is 0 Å². The molecule has 0 bridgehead atoms. The zero-order valence-electron chi connectivity index (χ0n) is 11.4. The predicted molar refractivity (Wildman–Crippen MR) is 75.3 cm³/mol. The number of aryl methyl sites for hydroxylation is 2. The summed E-state index contributed by atoms with van der Waals surface area (Å²) >= 11 is 1.54. The standard InChI is InChI=1S/C13H15N3O3S/c1-7(12(14)17)19-13(18)11-4-9(5-16(11)3)10-6-20-8(2)15-10/h4-7H,1-3H3,(H2,14,17). The van der Waals surface area contributed by atoms with Crippen LogP contribution in [-0.4, -0.2) is 27.5 Å². The summed E-state index contributed by atoms with van der Waals surface area (Å²) in [6, 6.07) is 1.69. The molecular weight excluding hydrogens is 278 g/mol. The molecule has 2 aromatic rings. The number of carbonyl (C=O) groups excluding carboxylic acids is 2. The average Bonchev–Trinajstić information content (AvgIpc) is 2.95. The number of thiazole rings is 1. The van der Waals surface area contributed by atoms with Crippen LogP contribution in [-0.2, 0) is 16.6 Å². The molecule has 2 N–H and O–H groups in total. The van der Waals surface area contributed by atoms with Gasteiger partial charge in [-0.2, -0.15) is 0 Å². The fraction of sp³-hybridized carbons (Fsp3) is 0.308. The predicted octanol–water partition coefficient (Wildman–Crippen LogP) is 1.49. The van der Waals surface area contributed by atoms with Gasteiger partial charge in [-0.15, -0.1) is 11.3 Å². The quantitative estimate of drug-likeness (QED) is 0.865. The summed E-state index contributed by atoms with van der Waals surface area (Å²) < 4.78 is 6.62. The Balaban J connectivity index is 2.23. The highest BCUT2D eigenvalue weighted by molar-refractivity contribution is 7.09. The highest BCUT2D eigenvalue weighted by atomic mass is 32.1. The van der Waals surface area contributed by atoms with Gasteiger partial charge in [0.25, 0.3) is 5.91 Å². The SMILES string of the molecule is Cc1nc(-c2cc(C(=O)OC(C)C(N)=O)n(C)c2)cs1. The average molecular weight is 293 g/mol. The molecule has 2 rings (SSSR count). The van der Waals surface area contributed by atoms with Crippen molar-refractivity contribution in [2.75, 3.05) is 0 Å². The topological polar surface area (TPSA) is 87.2 Å². The second-order valence-corrected chi connectivity index (χ2v) is 5.49. The third-order valence-corrected chi connectivity index (χ3v) is 3.59. The van der Waals surface area contributed by atoms with E-state index in [2.05, 4.69) is 4.98 Å². The maximum atomic E-state index is 12.0. The Morgan fingerprint density at radius 2 is 2.20 bits per heavy atom. The van der Waals surface area contributed by atoms with E-state index in [-0.39, 0.29) is 0 Å². The van der Waals surface area contributed by atoms with Crippen molar-refractivity contribution in [1.82, 2.24) is 9.55 Å². The number of ether oxygens (including phenoxy) is 1. The molecule has 20 heavy (non-hydrogen) atoms. The highest BCUT2D eigenvalue weighted by Gasteiger charge is 2.20. The van der Waals surface area contributed by atoms with E-state index in [9.17, 15) is 9.59 Å². The molecule has 0 fully saturated rings. The van der Waals surface area contributed by atoms with Crippen molar-refractivity contribution in [2.45, 2.75) is 20.0 Å². The molecule has 106 valence electrons. The van der Waals surface area contributed by atoms with E-state index in [0.717, 1.165) is 16.3 Å². The van der Waals surface area contributed by atoms with Crippen LogP contribution in [0.2, 0.25) is 0 Å².